The molecule has 0 spiro atoms. The summed E-state index contributed by atoms with van der Waals surface area (Å²) in [7, 11) is 0. The Labute approximate surface area is 257 Å². The van der Waals surface area contributed by atoms with Crippen LogP contribution in [-0.4, -0.2) is 19.7 Å². The van der Waals surface area contributed by atoms with Gasteiger partial charge in [0.25, 0.3) is 22.7 Å². The Bertz CT molecular complexity index is 1730. The molecular formula is C32H30N4O9. The average molecular weight is 615 g/mol. The van der Waals surface area contributed by atoms with Crippen LogP contribution in [0.1, 0.15) is 52.7 Å². The highest BCUT2D eigenvalue weighted by atomic mass is 16.6. The van der Waals surface area contributed by atoms with Crippen molar-refractivity contribution in [3.05, 3.63) is 142 Å². The van der Waals surface area contributed by atoms with Crippen molar-refractivity contribution in [1.82, 2.24) is 0 Å². The maximum Gasteiger partial charge on any atom is 0.284 e. The van der Waals surface area contributed by atoms with Crippen LogP contribution in [0.15, 0.2) is 90.0 Å². The van der Waals surface area contributed by atoms with Gasteiger partial charge < -0.3 is 4.74 Å². The summed E-state index contributed by atoms with van der Waals surface area (Å²) in [5.41, 5.74) is -2.53. The van der Waals surface area contributed by atoms with Crippen molar-refractivity contribution in [2.75, 3.05) is 0 Å². The third-order valence-electron chi connectivity index (χ3n) is 7.03. The summed E-state index contributed by atoms with van der Waals surface area (Å²) >= 11 is 0. The maximum atomic E-state index is 12.0. The summed E-state index contributed by atoms with van der Waals surface area (Å²) in [6.07, 6.45) is 13.9. The smallest absolute Gasteiger partial charge is 0.284 e. The quantitative estimate of drug-likeness (QED) is 0.143. The minimum atomic E-state index is -0.870. The number of hydrogen-bond acceptors (Lipinski definition) is 9. The summed E-state index contributed by atoms with van der Waals surface area (Å²) in [6, 6.07) is 3.58. The highest BCUT2D eigenvalue weighted by Crippen LogP contribution is 2.54. The largest absolute Gasteiger partial charge is 0.465 e. The SMILES string of the molecule is CC(C)(C)C1=CC(=C/C=C/C=C/C=C2c3cc([N+](=O)[O-])cc([N+](=O)[O-])c3-c3c2cc([N+](=O)[O-])cc3[N+](=O)[O-])C=C(C(C)(C)C)O1. The van der Waals surface area contributed by atoms with Gasteiger partial charge in [-0.15, -0.1) is 0 Å². The molecule has 232 valence electrons. The van der Waals surface area contributed by atoms with E-state index in [1.807, 2.05) is 18.2 Å². The van der Waals surface area contributed by atoms with Gasteiger partial charge in [-0.05, 0) is 23.3 Å². The van der Waals surface area contributed by atoms with E-state index in [1.54, 1.807) is 18.2 Å². The lowest BCUT2D eigenvalue weighted by Crippen LogP contribution is -2.21. The number of nitro groups is 4. The monoisotopic (exact) mass is 614 g/mol. The van der Waals surface area contributed by atoms with Crippen molar-refractivity contribution in [2.45, 2.75) is 41.5 Å². The molecule has 45 heavy (non-hydrogen) atoms. The van der Waals surface area contributed by atoms with E-state index in [4.69, 9.17) is 4.74 Å². The highest BCUT2D eigenvalue weighted by Gasteiger charge is 2.40. The summed E-state index contributed by atoms with van der Waals surface area (Å²) in [6.45, 7) is 12.3. The first kappa shape index (κ1) is 32.2. The zero-order valence-electron chi connectivity index (χ0n) is 25.4. The second-order valence-electron chi connectivity index (χ2n) is 12.4. The van der Waals surface area contributed by atoms with E-state index < -0.39 is 42.4 Å². The van der Waals surface area contributed by atoms with Crippen molar-refractivity contribution >= 4 is 28.3 Å². The van der Waals surface area contributed by atoms with Gasteiger partial charge in [0.2, 0.25) is 0 Å². The van der Waals surface area contributed by atoms with E-state index >= 15 is 0 Å². The summed E-state index contributed by atoms with van der Waals surface area (Å²) in [4.78, 5) is 43.8. The fourth-order valence-electron chi connectivity index (χ4n) is 4.80. The Morgan fingerprint density at radius 1 is 0.578 bits per heavy atom. The van der Waals surface area contributed by atoms with E-state index in [1.165, 1.54) is 12.2 Å². The Balaban J connectivity index is 1.82. The minimum absolute atomic E-state index is 0.0212. The summed E-state index contributed by atoms with van der Waals surface area (Å²) in [5, 5.41) is 47.1. The Morgan fingerprint density at radius 2 is 0.978 bits per heavy atom. The molecule has 0 saturated carbocycles. The van der Waals surface area contributed by atoms with E-state index in [0.717, 1.165) is 41.4 Å². The summed E-state index contributed by atoms with van der Waals surface area (Å²) < 4.78 is 6.16. The maximum absolute atomic E-state index is 12.0. The van der Waals surface area contributed by atoms with Crippen LogP contribution in [0.5, 0.6) is 0 Å². The summed E-state index contributed by atoms with van der Waals surface area (Å²) in [5.74, 6) is 1.64. The zero-order chi connectivity index (χ0) is 33.4. The molecule has 0 radical (unpaired) electrons. The number of non-ortho nitro benzene ring substituents is 2. The molecular weight excluding hydrogens is 584 g/mol. The number of nitro benzene ring substituents is 4. The van der Waals surface area contributed by atoms with Gasteiger partial charge in [0.1, 0.15) is 11.5 Å². The second kappa shape index (κ2) is 11.8. The van der Waals surface area contributed by atoms with Crippen molar-refractivity contribution in [2.24, 2.45) is 10.8 Å². The Hall–Kier alpha value is -5.72. The van der Waals surface area contributed by atoms with Gasteiger partial charge in [0.15, 0.2) is 0 Å². The number of ether oxygens (including phenoxy) is 1. The topological polar surface area (TPSA) is 182 Å². The van der Waals surface area contributed by atoms with Gasteiger partial charge in [-0.2, -0.15) is 0 Å². The van der Waals surface area contributed by atoms with E-state index in [9.17, 15) is 40.5 Å². The molecule has 1 aliphatic carbocycles. The molecule has 2 aliphatic rings. The van der Waals surface area contributed by atoms with Gasteiger partial charge in [-0.1, -0.05) is 78.0 Å². The lowest BCUT2D eigenvalue weighted by Gasteiger charge is -2.32. The fraction of sp³-hybridized carbons (Fsp3) is 0.250. The Kier molecular flexibility index (Phi) is 8.41. The number of nitrogens with zero attached hydrogens (tertiary/aromatic N) is 4. The predicted octanol–water partition coefficient (Wildman–Crippen LogP) is 8.66. The van der Waals surface area contributed by atoms with Crippen LogP contribution < -0.4 is 0 Å². The first-order valence-corrected chi connectivity index (χ1v) is 13.7. The number of benzene rings is 2. The standard InChI is InChI=1S/C32H30N4O9/c1-31(2,3)27-13-19(14-28(45-27)32(4,5)6)11-9-7-8-10-12-22-23-15-20(33(37)38)17-25(35(41)42)29(23)30-24(22)16-21(34(39)40)18-26(30)36(43)44/h7-18H,1-6H3/b9-7+,10-8+. The lowest BCUT2D eigenvalue weighted by atomic mass is 9.87. The first-order valence-electron chi connectivity index (χ1n) is 13.7. The van der Waals surface area contributed by atoms with Gasteiger partial charge >= 0.3 is 0 Å². The van der Waals surface area contributed by atoms with E-state index in [2.05, 4.69) is 41.5 Å². The molecule has 0 saturated heterocycles. The molecule has 1 heterocycles. The Morgan fingerprint density at radius 3 is 1.33 bits per heavy atom. The van der Waals surface area contributed by atoms with E-state index in [-0.39, 0.29) is 38.7 Å². The number of fused-ring (bicyclic) bond motifs is 3. The molecule has 0 fully saturated rings. The van der Waals surface area contributed by atoms with Gasteiger partial charge in [0.05, 0.1) is 43.0 Å². The molecule has 0 bridgehead atoms. The molecule has 2 aromatic carbocycles. The highest BCUT2D eigenvalue weighted by molar-refractivity contribution is 6.08. The number of rotatable bonds is 7. The normalized spacial score (nSPS) is 14.4. The molecule has 13 nitrogen and oxygen atoms in total. The fourth-order valence-corrected chi connectivity index (χ4v) is 4.80. The zero-order valence-corrected chi connectivity index (χ0v) is 25.4. The average Bonchev–Trinajstić information content (AvgIpc) is 3.25. The minimum Gasteiger partial charge on any atom is -0.465 e. The molecule has 0 N–H and O–H groups in total. The molecule has 0 unspecified atom stereocenters. The van der Waals surface area contributed by atoms with Crippen molar-refractivity contribution in [1.29, 1.82) is 0 Å². The van der Waals surface area contributed by atoms with Crippen LogP contribution in [0.4, 0.5) is 22.7 Å². The van der Waals surface area contributed by atoms with Crippen LogP contribution in [0.3, 0.4) is 0 Å². The van der Waals surface area contributed by atoms with Crippen LogP contribution in [0.2, 0.25) is 0 Å². The van der Waals surface area contributed by atoms with Gasteiger partial charge in [-0.25, -0.2) is 0 Å². The third-order valence-corrected chi connectivity index (χ3v) is 7.03. The van der Waals surface area contributed by atoms with Crippen LogP contribution in [-0.2, 0) is 4.74 Å². The van der Waals surface area contributed by atoms with Gasteiger partial charge in [-0.3, -0.25) is 40.5 Å². The van der Waals surface area contributed by atoms with Crippen LogP contribution in [0, 0.1) is 51.3 Å². The molecule has 1 aliphatic heterocycles. The van der Waals surface area contributed by atoms with Crippen LogP contribution >= 0.6 is 0 Å². The second-order valence-corrected chi connectivity index (χ2v) is 12.4. The molecule has 4 rings (SSSR count). The van der Waals surface area contributed by atoms with E-state index in [0.29, 0.717) is 0 Å². The van der Waals surface area contributed by atoms with Crippen molar-refractivity contribution in [3.63, 3.8) is 0 Å². The number of allylic oxidation sites excluding steroid dienone is 11. The molecule has 0 atom stereocenters. The third kappa shape index (κ3) is 6.61. The number of hydrogen-bond donors (Lipinski definition) is 0. The van der Waals surface area contributed by atoms with Crippen LogP contribution in [0.25, 0.3) is 16.7 Å². The van der Waals surface area contributed by atoms with Crippen molar-refractivity contribution in [3.8, 4) is 11.1 Å². The lowest BCUT2D eigenvalue weighted by molar-refractivity contribution is -0.395. The molecule has 0 amide bonds. The first-order chi connectivity index (χ1) is 20.9. The van der Waals surface area contributed by atoms with Gasteiger partial charge in [0, 0.05) is 34.1 Å². The molecule has 13 heteroatoms. The van der Waals surface area contributed by atoms with Crippen molar-refractivity contribution < 1.29 is 24.4 Å². The predicted molar refractivity (Wildman–Crippen MR) is 168 cm³/mol. The molecule has 0 aromatic heterocycles. The molecule has 2 aromatic rings.